The number of benzene rings is 1. The van der Waals surface area contributed by atoms with Crippen LogP contribution in [-0.2, 0) is 13.1 Å². The van der Waals surface area contributed by atoms with Crippen molar-refractivity contribution in [2.24, 2.45) is 0 Å². The van der Waals surface area contributed by atoms with Gasteiger partial charge in [-0.3, -0.25) is 4.79 Å². The van der Waals surface area contributed by atoms with Crippen LogP contribution in [0.1, 0.15) is 34.4 Å². The number of ketones is 1. The summed E-state index contributed by atoms with van der Waals surface area (Å²) in [5, 5.41) is 9.44. The molecular formula is C23H24N4O2S. The van der Waals surface area contributed by atoms with Gasteiger partial charge in [0, 0.05) is 29.1 Å². The molecule has 0 atom stereocenters. The Balaban J connectivity index is 1.50. The summed E-state index contributed by atoms with van der Waals surface area (Å²) in [4.78, 5) is 13.0. The van der Waals surface area contributed by atoms with E-state index in [4.69, 9.17) is 4.42 Å². The molecule has 1 aromatic carbocycles. The first kappa shape index (κ1) is 20.2. The van der Waals surface area contributed by atoms with Gasteiger partial charge in [0.1, 0.15) is 5.76 Å². The van der Waals surface area contributed by atoms with Gasteiger partial charge in [0.05, 0.1) is 18.6 Å². The summed E-state index contributed by atoms with van der Waals surface area (Å²) in [6, 6.07) is 15.8. The predicted octanol–water partition coefficient (Wildman–Crippen LogP) is 5.00. The Morgan fingerprint density at radius 3 is 2.57 bits per heavy atom. The molecule has 6 nitrogen and oxygen atoms in total. The quantitative estimate of drug-likeness (QED) is 0.296. The normalized spacial score (nSPS) is 11.2. The van der Waals surface area contributed by atoms with E-state index in [9.17, 15) is 4.79 Å². The van der Waals surface area contributed by atoms with E-state index in [1.807, 2.05) is 66.9 Å². The molecule has 154 valence electrons. The van der Waals surface area contributed by atoms with Crippen molar-refractivity contribution in [3.8, 4) is 11.4 Å². The van der Waals surface area contributed by atoms with E-state index in [0.717, 1.165) is 45.8 Å². The Hall–Kier alpha value is -3.06. The molecule has 0 radical (unpaired) electrons. The van der Waals surface area contributed by atoms with Gasteiger partial charge < -0.3 is 13.6 Å². The van der Waals surface area contributed by atoms with Crippen molar-refractivity contribution in [3.05, 3.63) is 77.5 Å². The second-order valence-corrected chi connectivity index (χ2v) is 8.02. The number of Topliss-reactive ketones (excluding diaryl/α,β-unsaturated/α-hetero) is 1. The van der Waals surface area contributed by atoms with Gasteiger partial charge in [0.25, 0.3) is 0 Å². The van der Waals surface area contributed by atoms with E-state index in [1.54, 1.807) is 6.26 Å². The maximum atomic E-state index is 13.0. The second-order valence-electron chi connectivity index (χ2n) is 7.08. The topological polar surface area (TPSA) is 65.8 Å². The molecular weight excluding hydrogens is 396 g/mol. The first-order chi connectivity index (χ1) is 14.6. The number of carbonyl (C=O) groups is 1. The molecule has 0 amide bonds. The Bertz CT molecular complexity index is 1140. The highest BCUT2D eigenvalue weighted by molar-refractivity contribution is 7.99. The number of rotatable bonds is 8. The molecule has 0 unspecified atom stereocenters. The molecule has 0 N–H and O–H groups in total. The molecule has 0 aliphatic heterocycles. The minimum atomic E-state index is 0.0886. The fourth-order valence-corrected chi connectivity index (χ4v) is 4.46. The van der Waals surface area contributed by atoms with E-state index in [2.05, 4.69) is 21.7 Å². The Morgan fingerprint density at radius 1 is 1.07 bits per heavy atom. The molecule has 3 aromatic heterocycles. The van der Waals surface area contributed by atoms with Crippen molar-refractivity contribution in [2.75, 3.05) is 5.75 Å². The SMILES string of the molecule is CCn1c(SCC(=O)c2cc(C)n(Cc3ccco3)c2C)nnc1-c1ccccc1. The highest BCUT2D eigenvalue weighted by Gasteiger charge is 2.19. The zero-order valence-corrected chi connectivity index (χ0v) is 18.1. The fraction of sp³-hybridized carbons (Fsp3) is 0.261. The summed E-state index contributed by atoms with van der Waals surface area (Å²) in [6.45, 7) is 7.42. The highest BCUT2D eigenvalue weighted by atomic mass is 32.2. The molecule has 0 spiro atoms. The van der Waals surface area contributed by atoms with E-state index >= 15 is 0 Å². The molecule has 0 saturated heterocycles. The maximum Gasteiger partial charge on any atom is 0.191 e. The third-order valence-electron chi connectivity index (χ3n) is 5.17. The van der Waals surface area contributed by atoms with Gasteiger partial charge in [-0.2, -0.15) is 0 Å². The number of hydrogen-bond acceptors (Lipinski definition) is 5. The van der Waals surface area contributed by atoms with Crippen LogP contribution < -0.4 is 0 Å². The van der Waals surface area contributed by atoms with Gasteiger partial charge in [-0.15, -0.1) is 10.2 Å². The average Bonchev–Trinajstić information content (AvgIpc) is 3.48. The third kappa shape index (κ3) is 3.98. The minimum absolute atomic E-state index is 0.0886. The van der Waals surface area contributed by atoms with Gasteiger partial charge in [0.15, 0.2) is 16.8 Å². The number of thioether (sulfide) groups is 1. The number of aryl methyl sites for hydroxylation is 1. The van der Waals surface area contributed by atoms with Crippen LogP contribution in [0.5, 0.6) is 0 Å². The molecule has 3 heterocycles. The Kier molecular flexibility index (Phi) is 5.90. The lowest BCUT2D eigenvalue weighted by atomic mass is 10.2. The summed E-state index contributed by atoms with van der Waals surface area (Å²) in [6.07, 6.45) is 1.67. The molecule has 4 aromatic rings. The summed E-state index contributed by atoms with van der Waals surface area (Å²) >= 11 is 1.43. The number of furan rings is 1. The lowest BCUT2D eigenvalue weighted by Gasteiger charge is -2.08. The van der Waals surface area contributed by atoms with Crippen LogP contribution in [0.4, 0.5) is 0 Å². The molecule has 30 heavy (non-hydrogen) atoms. The first-order valence-corrected chi connectivity index (χ1v) is 10.9. The Morgan fingerprint density at radius 2 is 1.87 bits per heavy atom. The summed E-state index contributed by atoms with van der Waals surface area (Å²) in [7, 11) is 0. The van der Waals surface area contributed by atoms with Crippen molar-refractivity contribution in [2.45, 2.75) is 39.0 Å². The van der Waals surface area contributed by atoms with Gasteiger partial charge >= 0.3 is 0 Å². The maximum absolute atomic E-state index is 13.0. The Labute approximate surface area is 179 Å². The molecule has 0 aliphatic carbocycles. The van der Waals surface area contributed by atoms with E-state index < -0.39 is 0 Å². The minimum Gasteiger partial charge on any atom is -0.467 e. The largest absolute Gasteiger partial charge is 0.467 e. The molecule has 0 bridgehead atoms. The smallest absolute Gasteiger partial charge is 0.191 e. The molecule has 0 saturated carbocycles. The van der Waals surface area contributed by atoms with Gasteiger partial charge in [0.2, 0.25) is 0 Å². The zero-order chi connectivity index (χ0) is 21.1. The summed E-state index contributed by atoms with van der Waals surface area (Å²) in [5.41, 5.74) is 3.76. The van der Waals surface area contributed by atoms with Crippen molar-refractivity contribution in [1.82, 2.24) is 19.3 Å². The lowest BCUT2D eigenvalue weighted by Crippen LogP contribution is -2.08. The predicted molar refractivity (Wildman–Crippen MR) is 118 cm³/mol. The van der Waals surface area contributed by atoms with Crippen LogP contribution in [0.2, 0.25) is 0 Å². The van der Waals surface area contributed by atoms with Gasteiger partial charge in [-0.25, -0.2) is 0 Å². The number of aromatic nitrogens is 4. The van der Waals surface area contributed by atoms with Crippen molar-refractivity contribution in [3.63, 3.8) is 0 Å². The highest BCUT2D eigenvalue weighted by Crippen LogP contribution is 2.25. The summed E-state index contributed by atoms with van der Waals surface area (Å²) < 4.78 is 9.62. The summed E-state index contributed by atoms with van der Waals surface area (Å²) in [5.74, 6) is 2.10. The zero-order valence-electron chi connectivity index (χ0n) is 17.3. The van der Waals surface area contributed by atoms with Crippen LogP contribution in [0.15, 0.2) is 64.4 Å². The number of carbonyl (C=O) groups excluding carboxylic acids is 1. The van der Waals surface area contributed by atoms with Gasteiger partial charge in [-0.05, 0) is 39.0 Å². The van der Waals surface area contributed by atoms with Crippen LogP contribution in [0.3, 0.4) is 0 Å². The van der Waals surface area contributed by atoms with E-state index in [1.165, 1.54) is 11.8 Å². The number of hydrogen-bond donors (Lipinski definition) is 0. The van der Waals surface area contributed by atoms with Crippen LogP contribution in [-0.4, -0.2) is 30.9 Å². The van der Waals surface area contributed by atoms with Crippen molar-refractivity contribution < 1.29 is 9.21 Å². The second kappa shape index (κ2) is 8.75. The molecule has 4 rings (SSSR count). The van der Waals surface area contributed by atoms with Crippen LogP contribution >= 0.6 is 11.8 Å². The standard InChI is InChI=1S/C23H24N4O2S/c1-4-26-22(18-9-6-5-7-10-18)24-25-23(26)30-15-21(28)20-13-16(2)27(17(20)3)14-19-11-8-12-29-19/h5-13H,4,14-15H2,1-3H3. The van der Waals surface area contributed by atoms with E-state index in [0.29, 0.717) is 12.3 Å². The van der Waals surface area contributed by atoms with Gasteiger partial charge in [-0.1, -0.05) is 42.1 Å². The van der Waals surface area contributed by atoms with Crippen molar-refractivity contribution in [1.29, 1.82) is 0 Å². The van der Waals surface area contributed by atoms with Crippen LogP contribution in [0.25, 0.3) is 11.4 Å². The fourth-order valence-electron chi connectivity index (χ4n) is 3.57. The monoisotopic (exact) mass is 420 g/mol. The molecule has 7 heteroatoms. The molecule has 0 fully saturated rings. The van der Waals surface area contributed by atoms with Crippen molar-refractivity contribution >= 4 is 17.5 Å². The van der Waals surface area contributed by atoms with Crippen LogP contribution in [0, 0.1) is 13.8 Å². The molecule has 0 aliphatic rings. The lowest BCUT2D eigenvalue weighted by molar-refractivity contribution is 0.102. The first-order valence-electron chi connectivity index (χ1n) is 9.92. The average molecular weight is 421 g/mol. The number of nitrogens with zero attached hydrogens (tertiary/aromatic N) is 4. The van der Waals surface area contributed by atoms with E-state index in [-0.39, 0.29) is 5.78 Å². The third-order valence-corrected chi connectivity index (χ3v) is 6.13.